The van der Waals surface area contributed by atoms with Crippen molar-refractivity contribution in [3.05, 3.63) is 12.2 Å². The lowest BCUT2D eigenvalue weighted by molar-refractivity contribution is -0.144. The van der Waals surface area contributed by atoms with Crippen molar-refractivity contribution in [3.63, 3.8) is 0 Å². The summed E-state index contributed by atoms with van der Waals surface area (Å²) in [7, 11) is 0. The van der Waals surface area contributed by atoms with Gasteiger partial charge in [0.25, 0.3) is 0 Å². The highest BCUT2D eigenvalue weighted by molar-refractivity contribution is 5.87. The minimum atomic E-state index is -0.268. The van der Waals surface area contributed by atoms with E-state index in [1.807, 2.05) is 6.92 Å². The van der Waals surface area contributed by atoms with Crippen molar-refractivity contribution in [3.8, 4) is 0 Å². The van der Waals surface area contributed by atoms with Gasteiger partial charge < -0.3 is 4.74 Å². The minimum absolute atomic E-state index is 0.0687. The zero-order chi connectivity index (χ0) is 9.56. The van der Waals surface area contributed by atoms with Gasteiger partial charge in [0.15, 0.2) is 0 Å². The van der Waals surface area contributed by atoms with Gasteiger partial charge >= 0.3 is 5.97 Å². The maximum atomic E-state index is 11.1. The summed E-state index contributed by atoms with van der Waals surface area (Å²) in [4.78, 5) is 11.1. The van der Waals surface area contributed by atoms with Crippen LogP contribution in [0.15, 0.2) is 12.2 Å². The monoisotopic (exact) mass is 170 g/mol. The quantitative estimate of drug-likeness (QED) is 0.468. The van der Waals surface area contributed by atoms with Crippen molar-refractivity contribution in [2.24, 2.45) is 0 Å². The number of rotatable bonds is 5. The second-order valence-corrected chi connectivity index (χ2v) is 3.00. The first-order valence-corrected chi connectivity index (χ1v) is 4.48. The van der Waals surface area contributed by atoms with Gasteiger partial charge in [0.1, 0.15) is 6.10 Å². The molecule has 0 aromatic heterocycles. The van der Waals surface area contributed by atoms with Gasteiger partial charge in [-0.2, -0.15) is 0 Å². The fraction of sp³-hybridized carbons (Fsp3) is 0.700. The first-order chi connectivity index (χ1) is 5.61. The van der Waals surface area contributed by atoms with Crippen LogP contribution in [0.4, 0.5) is 0 Å². The van der Waals surface area contributed by atoms with E-state index in [0.29, 0.717) is 5.57 Å². The molecule has 2 heteroatoms. The molecule has 0 aliphatic carbocycles. The molecule has 0 bridgehead atoms. The first kappa shape index (κ1) is 11.2. The van der Waals surface area contributed by atoms with Crippen LogP contribution in [0.3, 0.4) is 0 Å². The lowest BCUT2D eigenvalue weighted by Gasteiger charge is -2.14. The van der Waals surface area contributed by atoms with Crippen molar-refractivity contribution in [1.82, 2.24) is 0 Å². The molecule has 0 fully saturated rings. The molecule has 0 saturated heterocycles. The Morgan fingerprint density at radius 1 is 1.50 bits per heavy atom. The summed E-state index contributed by atoms with van der Waals surface area (Å²) in [5.74, 6) is -0.268. The smallest absolute Gasteiger partial charge is 0.333 e. The van der Waals surface area contributed by atoms with Gasteiger partial charge in [-0.15, -0.1) is 0 Å². The number of ether oxygens (including phenoxy) is 1. The third-order valence-corrected chi connectivity index (χ3v) is 1.69. The Labute approximate surface area is 74.6 Å². The summed E-state index contributed by atoms with van der Waals surface area (Å²) in [5, 5.41) is 0. The first-order valence-electron chi connectivity index (χ1n) is 4.48. The van der Waals surface area contributed by atoms with Gasteiger partial charge in [0, 0.05) is 5.57 Å². The van der Waals surface area contributed by atoms with Gasteiger partial charge in [-0.1, -0.05) is 26.8 Å². The van der Waals surface area contributed by atoms with E-state index in [1.54, 1.807) is 6.92 Å². The van der Waals surface area contributed by atoms with Crippen molar-refractivity contribution < 1.29 is 9.53 Å². The van der Waals surface area contributed by atoms with Crippen LogP contribution in [0.25, 0.3) is 0 Å². The van der Waals surface area contributed by atoms with Crippen LogP contribution in [-0.2, 0) is 9.53 Å². The third-order valence-electron chi connectivity index (χ3n) is 1.69. The Morgan fingerprint density at radius 3 is 2.42 bits per heavy atom. The van der Waals surface area contributed by atoms with Crippen molar-refractivity contribution >= 4 is 5.97 Å². The van der Waals surface area contributed by atoms with Gasteiger partial charge in [-0.25, -0.2) is 4.79 Å². The summed E-state index contributed by atoms with van der Waals surface area (Å²) >= 11 is 0. The average Bonchev–Trinajstić information content (AvgIpc) is 2.03. The molecular weight excluding hydrogens is 152 g/mol. The fourth-order valence-electron chi connectivity index (χ4n) is 0.920. The summed E-state index contributed by atoms with van der Waals surface area (Å²) < 4.78 is 5.16. The number of hydrogen-bond acceptors (Lipinski definition) is 2. The van der Waals surface area contributed by atoms with Crippen LogP contribution in [0.2, 0.25) is 0 Å². The Kier molecular flexibility index (Phi) is 5.43. The van der Waals surface area contributed by atoms with Crippen LogP contribution < -0.4 is 0 Å². The Morgan fingerprint density at radius 2 is 2.08 bits per heavy atom. The van der Waals surface area contributed by atoms with E-state index in [-0.39, 0.29) is 12.1 Å². The molecular formula is C10H18O2. The molecule has 0 aliphatic rings. The molecule has 1 unspecified atom stereocenters. The van der Waals surface area contributed by atoms with Crippen molar-refractivity contribution in [2.75, 3.05) is 0 Å². The second kappa shape index (κ2) is 5.81. The van der Waals surface area contributed by atoms with Crippen LogP contribution >= 0.6 is 0 Å². The standard InChI is InChI=1S/C10H18O2/c1-5-7-9(6-2)12-10(11)8(3)4/h9H,3,5-7H2,1-2,4H3. The summed E-state index contributed by atoms with van der Waals surface area (Å²) in [6, 6.07) is 0. The number of carbonyl (C=O) groups excluding carboxylic acids is 1. The Bertz CT molecular complexity index is 161. The highest BCUT2D eigenvalue weighted by Gasteiger charge is 2.11. The van der Waals surface area contributed by atoms with Crippen LogP contribution in [-0.4, -0.2) is 12.1 Å². The molecule has 0 rings (SSSR count). The molecule has 0 amide bonds. The molecule has 0 aromatic rings. The summed E-state index contributed by atoms with van der Waals surface area (Å²) in [6.45, 7) is 9.30. The molecule has 12 heavy (non-hydrogen) atoms. The summed E-state index contributed by atoms with van der Waals surface area (Å²) in [6.07, 6.45) is 2.93. The lowest BCUT2D eigenvalue weighted by Crippen LogP contribution is -2.17. The van der Waals surface area contributed by atoms with E-state index in [1.165, 1.54) is 0 Å². The zero-order valence-corrected chi connectivity index (χ0v) is 8.22. The molecule has 0 N–H and O–H groups in total. The van der Waals surface area contributed by atoms with Gasteiger partial charge in [-0.3, -0.25) is 0 Å². The lowest BCUT2D eigenvalue weighted by atomic mass is 10.1. The number of esters is 1. The molecule has 1 atom stereocenters. The van der Waals surface area contributed by atoms with Gasteiger partial charge in [-0.05, 0) is 19.8 Å². The van der Waals surface area contributed by atoms with E-state index in [2.05, 4.69) is 13.5 Å². The molecule has 2 nitrogen and oxygen atoms in total. The predicted molar refractivity (Wildman–Crippen MR) is 49.9 cm³/mol. The molecule has 0 heterocycles. The molecule has 0 aromatic carbocycles. The van der Waals surface area contributed by atoms with Crippen LogP contribution in [0, 0.1) is 0 Å². The van der Waals surface area contributed by atoms with Crippen molar-refractivity contribution in [1.29, 1.82) is 0 Å². The highest BCUT2D eigenvalue weighted by atomic mass is 16.5. The molecule has 70 valence electrons. The van der Waals surface area contributed by atoms with Gasteiger partial charge in [0.2, 0.25) is 0 Å². The SMILES string of the molecule is C=C(C)C(=O)OC(CC)CCC. The zero-order valence-electron chi connectivity index (χ0n) is 8.22. The van der Waals surface area contributed by atoms with E-state index < -0.39 is 0 Å². The van der Waals surface area contributed by atoms with E-state index in [9.17, 15) is 4.79 Å². The largest absolute Gasteiger partial charge is 0.459 e. The van der Waals surface area contributed by atoms with E-state index in [0.717, 1.165) is 19.3 Å². The van der Waals surface area contributed by atoms with E-state index in [4.69, 9.17) is 4.74 Å². The van der Waals surface area contributed by atoms with E-state index >= 15 is 0 Å². The Hall–Kier alpha value is -0.790. The van der Waals surface area contributed by atoms with Crippen molar-refractivity contribution in [2.45, 2.75) is 46.1 Å². The maximum Gasteiger partial charge on any atom is 0.333 e. The average molecular weight is 170 g/mol. The Balaban J connectivity index is 3.85. The number of hydrogen-bond donors (Lipinski definition) is 0. The second-order valence-electron chi connectivity index (χ2n) is 3.00. The highest BCUT2D eigenvalue weighted by Crippen LogP contribution is 2.08. The predicted octanol–water partition coefficient (Wildman–Crippen LogP) is 2.68. The maximum absolute atomic E-state index is 11.1. The molecule has 0 spiro atoms. The molecule has 0 radical (unpaired) electrons. The van der Waals surface area contributed by atoms with Crippen LogP contribution in [0.1, 0.15) is 40.0 Å². The summed E-state index contributed by atoms with van der Waals surface area (Å²) in [5.41, 5.74) is 0.476. The molecule has 0 aliphatic heterocycles. The van der Waals surface area contributed by atoms with Gasteiger partial charge in [0.05, 0.1) is 0 Å². The third kappa shape index (κ3) is 4.16. The van der Waals surface area contributed by atoms with Crippen LogP contribution in [0.5, 0.6) is 0 Å². The fourth-order valence-corrected chi connectivity index (χ4v) is 0.920. The number of carbonyl (C=O) groups is 1. The topological polar surface area (TPSA) is 26.3 Å². The normalized spacial score (nSPS) is 12.2. The minimum Gasteiger partial charge on any atom is -0.459 e. The molecule has 0 saturated carbocycles.